The highest BCUT2D eigenvalue weighted by atomic mass is 16.5. The molecule has 9 nitrogen and oxygen atoms in total. The van der Waals surface area contributed by atoms with Crippen LogP contribution in [0.1, 0.15) is 30.3 Å². The number of piperidine rings is 1. The number of rotatable bonds is 7. The molecule has 1 aromatic heterocycles. The molecule has 2 amide bonds. The highest BCUT2D eigenvalue weighted by Gasteiger charge is 2.35. The number of aromatic nitrogens is 1. The minimum absolute atomic E-state index is 0.0191. The summed E-state index contributed by atoms with van der Waals surface area (Å²) in [6, 6.07) is 7.84. The Balaban J connectivity index is 1.64. The van der Waals surface area contributed by atoms with Crippen LogP contribution in [0.25, 0.3) is 0 Å². The summed E-state index contributed by atoms with van der Waals surface area (Å²) < 4.78 is 10.3. The fraction of sp³-hybridized carbons (Fsp3) is 0.316. The van der Waals surface area contributed by atoms with Crippen LogP contribution >= 0.6 is 0 Å². The van der Waals surface area contributed by atoms with E-state index in [0.717, 1.165) is 5.56 Å². The van der Waals surface area contributed by atoms with E-state index in [1.807, 2.05) is 18.2 Å². The van der Waals surface area contributed by atoms with Gasteiger partial charge >= 0.3 is 6.09 Å². The molecule has 0 aliphatic carbocycles. The van der Waals surface area contributed by atoms with E-state index in [4.69, 9.17) is 9.15 Å². The smallest absolute Gasteiger partial charge is 0.408 e. The summed E-state index contributed by atoms with van der Waals surface area (Å²) in [6.07, 6.45) is 1.93. The number of hydrogen-bond acceptors (Lipinski definition) is 7. The summed E-state index contributed by atoms with van der Waals surface area (Å²) in [5.41, 5.74) is 0.787. The standard InChI is InChI=1S/C19H19N3O6/c23-14(10-13-6-7-20-17(25)16(13)24)15(18-21-8-9-27-18)22-19(26)28-11-12-4-2-1-3-5-12/h1-5,8-9,13,15H,6-7,10-11H2,(H,20,25)(H,22,26). The normalized spacial score (nSPS) is 17.5. The van der Waals surface area contributed by atoms with Gasteiger partial charge in [0.15, 0.2) is 11.8 Å². The summed E-state index contributed by atoms with van der Waals surface area (Å²) >= 11 is 0. The molecular weight excluding hydrogens is 366 g/mol. The van der Waals surface area contributed by atoms with Gasteiger partial charge in [0.2, 0.25) is 11.7 Å². The average molecular weight is 385 g/mol. The average Bonchev–Trinajstić information content (AvgIpc) is 3.23. The van der Waals surface area contributed by atoms with Crippen LogP contribution in [0.5, 0.6) is 0 Å². The number of alkyl carbamates (subject to hydrolysis) is 1. The molecule has 2 unspecified atom stereocenters. The summed E-state index contributed by atoms with van der Waals surface area (Å²) in [6.45, 7) is 0.346. The van der Waals surface area contributed by atoms with Crippen molar-refractivity contribution in [2.45, 2.75) is 25.5 Å². The second-order valence-electron chi connectivity index (χ2n) is 6.29. The number of nitrogens with zero attached hydrogens (tertiary/aromatic N) is 1. The number of ketones is 2. The molecule has 1 aromatic carbocycles. The predicted molar refractivity (Wildman–Crippen MR) is 94.8 cm³/mol. The number of ether oxygens (including phenoxy) is 1. The zero-order valence-corrected chi connectivity index (χ0v) is 14.9. The van der Waals surface area contributed by atoms with E-state index in [9.17, 15) is 19.2 Å². The Hall–Kier alpha value is -3.49. The lowest BCUT2D eigenvalue weighted by Gasteiger charge is -2.22. The lowest BCUT2D eigenvalue weighted by molar-refractivity contribution is -0.143. The van der Waals surface area contributed by atoms with Gasteiger partial charge in [-0.25, -0.2) is 9.78 Å². The molecule has 1 saturated heterocycles. The Bertz CT molecular complexity index is 850. The lowest BCUT2D eigenvalue weighted by Crippen LogP contribution is -2.44. The first-order valence-corrected chi connectivity index (χ1v) is 8.76. The molecule has 1 fully saturated rings. The number of amides is 2. The molecule has 2 aromatic rings. The number of nitrogens with one attached hydrogen (secondary N) is 2. The molecule has 2 N–H and O–H groups in total. The number of oxazole rings is 1. The second kappa shape index (κ2) is 8.94. The maximum Gasteiger partial charge on any atom is 0.408 e. The van der Waals surface area contributed by atoms with Gasteiger partial charge < -0.3 is 19.8 Å². The Kier molecular flexibility index (Phi) is 6.15. The molecule has 0 spiro atoms. The van der Waals surface area contributed by atoms with Crippen molar-refractivity contribution in [3.05, 3.63) is 54.2 Å². The van der Waals surface area contributed by atoms with Crippen LogP contribution < -0.4 is 10.6 Å². The van der Waals surface area contributed by atoms with Crippen LogP contribution in [-0.2, 0) is 25.7 Å². The Labute approximate surface area is 160 Å². The third-order valence-corrected chi connectivity index (χ3v) is 4.32. The van der Waals surface area contributed by atoms with E-state index in [2.05, 4.69) is 15.6 Å². The van der Waals surface area contributed by atoms with Gasteiger partial charge in [0.05, 0.1) is 6.20 Å². The molecule has 1 aliphatic heterocycles. The van der Waals surface area contributed by atoms with Crippen molar-refractivity contribution in [1.82, 2.24) is 15.6 Å². The maximum atomic E-state index is 12.7. The fourth-order valence-corrected chi connectivity index (χ4v) is 2.86. The quantitative estimate of drug-likeness (QED) is 0.688. The highest BCUT2D eigenvalue weighted by molar-refractivity contribution is 6.37. The van der Waals surface area contributed by atoms with Crippen molar-refractivity contribution in [3.63, 3.8) is 0 Å². The maximum absolute atomic E-state index is 12.7. The van der Waals surface area contributed by atoms with Gasteiger partial charge in [-0.3, -0.25) is 14.4 Å². The monoisotopic (exact) mass is 385 g/mol. The summed E-state index contributed by atoms with van der Waals surface area (Å²) in [5, 5.41) is 4.86. The van der Waals surface area contributed by atoms with Gasteiger partial charge in [-0.05, 0) is 12.0 Å². The Morgan fingerprint density at radius 1 is 1.29 bits per heavy atom. The van der Waals surface area contributed by atoms with Crippen LogP contribution in [0.15, 0.2) is 47.2 Å². The van der Waals surface area contributed by atoms with E-state index < -0.39 is 35.5 Å². The van der Waals surface area contributed by atoms with E-state index >= 15 is 0 Å². The van der Waals surface area contributed by atoms with Gasteiger partial charge in [0, 0.05) is 18.9 Å². The number of Topliss-reactive ketones (excluding diaryl/α,β-unsaturated/α-hetero) is 2. The van der Waals surface area contributed by atoms with E-state index in [1.165, 1.54) is 12.5 Å². The molecule has 3 rings (SSSR count). The van der Waals surface area contributed by atoms with Gasteiger partial charge in [-0.1, -0.05) is 30.3 Å². The molecule has 0 bridgehead atoms. The van der Waals surface area contributed by atoms with E-state index in [1.54, 1.807) is 12.1 Å². The molecule has 146 valence electrons. The molecular formula is C19H19N3O6. The third-order valence-electron chi connectivity index (χ3n) is 4.32. The zero-order valence-electron chi connectivity index (χ0n) is 14.9. The third kappa shape index (κ3) is 4.81. The first-order valence-electron chi connectivity index (χ1n) is 8.76. The fourth-order valence-electron chi connectivity index (χ4n) is 2.86. The molecule has 1 aliphatic rings. The van der Waals surface area contributed by atoms with Gasteiger partial charge in [-0.2, -0.15) is 0 Å². The Morgan fingerprint density at radius 3 is 2.79 bits per heavy atom. The molecule has 2 heterocycles. The SMILES string of the molecule is O=C(NC(C(=O)CC1CCNC(=O)C1=O)c1ncco1)OCc1ccccc1. The lowest BCUT2D eigenvalue weighted by atomic mass is 9.89. The minimum Gasteiger partial charge on any atom is -0.446 e. The van der Waals surface area contributed by atoms with Gasteiger partial charge in [0.25, 0.3) is 5.91 Å². The molecule has 9 heteroatoms. The topological polar surface area (TPSA) is 128 Å². The number of hydrogen-bond donors (Lipinski definition) is 2. The van der Waals surface area contributed by atoms with E-state index in [-0.39, 0.29) is 18.9 Å². The van der Waals surface area contributed by atoms with Crippen molar-refractivity contribution in [2.75, 3.05) is 6.54 Å². The van der Waals surface area contributed by atoms with Crippen molar-refractivity contribution in [2.24, 2.45) is 5.92 Å². The minimum atomic E-state index is -1.21. The number of carbonyl (C=O) groups is 4. The number of carbonyl (C=O) groups excluding carboxylic acids is 4. The zero-order chi connectivity index (χ0) is 19.9. The van der Waals surface area contributed by atoms with Crippen molar-refractivity contribution in [3.8, 4) is 0 Å². The van der Waals surface area contributed by atoms with Crippen LogP contribution in [-0.4, -0.2) is 35.1 Å². The van der Waals surface area contributed by atoms with E-state index in [0.29, 0.717) is 13.0 Å². The molecule has 0 saturated carbocycles. The highest BCUT2D eigenvalue weighted by Crippen LogP contribution is 2.21. The van der Waals surface area contributed by atoms with Crippen LogP contribution in [0.3, 0.4) is 0 Å². The molecule has 28 heavy (non-hydrogen) atoms. The Morgan fingerprint density at radius 2 is 2.07 bits per heavy atom. The van der Waals surface area contributed by atoms with Gasteiger partial charge in [0.1, 0.15) is 12.9 Å². The van der Waals surface area contributed by atoms with Crippen LogP contribution in [0.2, 0.25) is 0 Å². The summed E-state index contributed by atoms with van der Waals surface area (Å²) in [5.74, 6) is -2.59. The van der Waals surface area contributed by atoms with Crippen LogP contribution in [0.4, 0.5) is 4.79 Å². The van der Waals surface area contributed by atoms with Crippen molar-refractivity contribution < 1.29 is 28.3 Å². The molecule has 0 radical (unpaired) electrons. The molecule has 2 atom stereocenters. The first-order chi connectivity index (χ1) is 13.5. The number of benzene rings is 1. The predicted octanol–water partition coefficient (Wildman–Crippen LogP) is 1.31. The largest absolute Gasteiger partial charge is 0.446 e. The summed E-state index contributed by atoms with van der Waals surface area (Å²) in [4.78, 5) is 52.2. The van der Waals surface area contributed by atoms with Crippen LogP contribution in [0, 0.1) is 5.92 Å². The van der Waals surface area contributed by atoms with Crippen molar-refractivity contribution >= 4 is 23.6 Å². The summed E-state index contributed by atoms with van der Waals surface area (Å²) in [7, 11) is 0. The van der Waals surface area contributed by atoms with Gasteiger partial charge in [-0.15, -0.1) is 0 Å². The first kappa shape index (κ1) is 19.3. The van der Waals surface area contributed by atoms with Crippen molar-refractivity contribution in [1.29, 1.82) is 0 Å². The second-order valence-corrected chi connectivity index (χ2v) is 6.29.